The van der Waals surface area contributed by atoms with E-state index < -0.39 is 10.0 Å². The van der Waals surface area contributed by atoms with Crippen molar-refractivity contribution in [2.24, 2.45) is 0 Å². The molecule has 1 amide bonds. The molecule has 1 aliphatic rings. The van der Waals surface area contributed by atoms with E-state index in [-0.39, 0.29) is 23.0 Å². The molecule has 0 radical (unpaired) electrons. The first kappa shape index (κ1) is 21.5. The Kier molecular flexibility index (Phi) is 6.70. The molecular formula is C22H27FN2O3S. The standard InChI is InChI=1S/C22H27FN2O3S/c1-3-24(4-2)29(27,28)19-12-13-21-18(16-19)9-7-15-25(21)22(26)14-11-17-8-5-6-10-20(17)23/h5-6,8,10,12-13,16H,3-4,7,9,11,14-15H2,1-2H3. The van der Waals surface area contributed by atoms with Gasteiger partial charge >= 0.3 is 0 Å². The second-order valence-corrected chi connectivity index (χ2v) is 9.06. The van der Waals surface area contributed by atoms with Crippen LogP contribution in [0.1, 0.15) is 37.8 Å². The number of sulfonamides is 1. The Labute approximate surface area is 172 Å². The third kappa shape index (κ3) is 4.51. The van der Waals surface area contributed by atoms with Crippen molar-refractivity contribution >= 4 is 21.6 Å². The Hall–Kier alpha value is -2.25. The van der Waals surface area contributed by atoms with Crippen LogP contribution in [0.25, 0.3) is 0 Å². The van der Waals surface area contributed by atoms with E-state index in [1.165, 1.54) is 10.4 Å². The van der Waals surface area contributed by atoms with Crippen molar-refractivity contribution in [3.8, 4) is 0 Å². The van der Waals surface area contributed by atoms with E-state index in [4.69, 9.17) is 0 Å². The van der Waals surface area contributed by atoms with Gasteiger partial charge in [-0.15, -0.1) is 0 Å². The van der Waals surface area contributed by atoms with Crippen LogP contribution in [0.5, 0.6) is 0 Å². The van der Waals surface area contributed by atoms with Crippen LogP contribution in [0.15, 0.2) is 47.4 Å². The Morgan fingerprint density at radius 2 is 1.86 bits per heavy atom. The summed E-state index contributed by atoms with van der Waals surface area (Å²) in [6.45, 7) is 5.04. The van der Waals surface area contributed by atoms with E-state index in [9.17, 15) is 17.6 Å². The zero-order valence-electron chi connectivity index (χ0n) is 16.9. The van der Waals surface area contributed by atoms with E-state index in [0.29, 0.717) is 31.6 Å². The number of hydrogen-bond donors (Lipinski definition) is 0. The zero-order chi connectivity index (χ0) is 21.0. The summed E-state index contributed by atoms with van der Waals surface area (Å²) in [6, 6.07) is 11.5. The van der Waals surface area contributed by atoms with Crippen molar-refractivity contribution in [2.45, 2.75) is 44.4 Å². The first-order valence-electron chi connectivity index (χ1n) is 10.0. The SMILES string of the molecule is CCN(CC)S(=O)(=O)c1ccc2c(c1)CCCN2C(=O)CCc1ccccc1F. The lowest BCUT2D eigenvalue weighted by atomic mass is 10.0. The fourth-order valence-electron chi connectivity index (χ4n) is 3.78. The quantitative estimate of drug-likeness (QED) is 0.688. The average molecular weight is 419 g/mol. The summed E-state index contributed by atoms with van der Waals surface area (Å²) in [5.74, 6) is -0.376. The third-order valence-electron chi connectivity index (χ3n) is 5.38. The lowest BCUT2D eigenvalue weighted by Gasteiger charge is -2.30. The lowest BCUT2D eigenvalue weighted by Crippen LogP contribution is -2.36. The minimum atomic E-state index is -3.54. The summed E-state index contributed by atoms with van der Waals surface area (Å²) in [7, 11) is -3.54. The molecule has 7 heteroatoms. The van der Waals surface area contributed by atoms with Crippen molar-refractivity contribution in [1.29, 1.82) is 0 Å². The molecule has 0 fully saturated rings. The molecule has 0 bridgehead atoms. The number of carbonyl (C=O) groups is 1. The third-order valence-corrected chi connectivity index (χ3v) is 7.43. The second-order valence-electron chi connectivity index (χ2n) is 7.12. The van der Waals surface area contributed by atoms with Crippen molar-refractivity contribution in [1.82, 2.24) is 4.31 Å². The van der Waals surface area contributed by atoms with Gasteiger partial charge in [-0.05, 0) is 54.7 Å². The minimum absolute atomic E-state index is 0.0754. The zero-order valence-corrected chi connectivity index (χ0v) is 17.7. The molecule has 1 heterocycles. The summed E-state index contributed by atoms with van der Waals surface area (Å²) in [5.41, 5.74) is 2.15. The summed E-state index contributed by atoms with van der Waals surface area (Å²) in [5, 5.41) is 0. The number of anilines is 1. The van der Waals surface area contributed by atoms with Gasteiger partial charge in [0.1, 0.15) is 5.82 Å². The highest BCUT2D eigenvalue weighted by Crippen LogP contribution is 2.31. The van der Waals surface area contributed by atoms with Crippen LogP contribution in [0.2, 0.25) is 0 Å². The summed E-state index contributed by atoms with van der Waals surface area (Å²) in [4.78, 5) is 14.8. The number of rotatable bonds is 7. The first-order valence-corrected chi connectivity index (χ1v) is 11.5. The number of fused-ring (bicyclic) bond motifs is 1. The van der Waals surface area contributed by atoms with Crippen LogP contribution in [-0.2, 0) is 27.7 Å². The summed E-state index contributed by atoms with van der Waals surface area (Å²) in [6.07, 6.45) is 2.05. The molecule has 2 aromatic carbocycles. The van der Waals surface area contributed by atoms with Crippen molar-refractivity contribution in [3.63, 3.8) is 0 Å². The Morgan fingerprint density at radius 3 is 2.55 bits per heavy atom. The summed E-state index contributed by atoms with van der Waals surface area (Å²) < 4.78 is 40.8. The predicted molar refractivity (Wildman–Crippen MR) is 112 cm³/mol. The van der Waals surface area contributed by atoms with Gasteiger partial charge in [-0.1, -0.05) is 32.0 Å². The van der Waals surface area contributed by atoms with Gasteiger partial charge in [0.25, 0.3) is 0 Å². The lowest BCUT2D eigenvalue weighted by molar-refractivity contribution is -0.118. The molecule has 0 aromatic heterocycles. The van der Waals surface area contributed by atoms with E-state index >= 15 is 0 Å². The Balaban J connectivity index is 1.80. The molecule has 0 saturated carbocycles. The molecule has 5 nitrogen and oxygen atoms in total. The van der Waals surface area contributed by atoms with Gasteiger partial charge in [0.2, 0.25) is 15.9 Å². The number of benzene rings is 2. The van der Waals surface area contributed by atoms with E-state index in [1.807, 2.05) is 13.8 Å². The van der Waals surface area contributed by atoms with E-state index in [0.717, 1.165) is 24.1 Å². The van der Waals surface area contributed by atoms with Crippen LogP contribution in [0.3, 0.4) is 0 Å². The summed E-state index contributed by atoms with van der Waals surface area (Å²) >= 11 is 0. The van der Waals surface area contributed by atoms with Crippen molar-refractivity contribution in [2.75, 3.05) is 24.5 Å². The van der Waals surface area contributed by atoms with Gasteiger partial charge in [0, 0.05) is 31.7 Å². The number of aryl methyl sites for hydroxylation is 2. The van der Waals surface area contributed by atoms with E-state index in [1.54, 1.807) is 41.3 Å². The molecule has 1 aliphatic heterocycles. The number of halogens is 1. The number of nitrogens with zero attached hydrogens (tertiary/aromatic N) is 2. The Morgan fingerprint density at radius 1 is 1.14 bits per heavy atom. The predicted octanol–water partition coefficient (Wildman–Crippen LogP) is 3.77. The number of hydrogen-bond acceptors (Lipinski definition) is 3. The molecule has 0 saturated heterocycles. The minimum Gasteiger partial charge on any atom is -0.312 e. The molecule has 0 N–H and O–H groups in total. The van der Waals surface area contributed by atoms with Gasteiger partial charge in [-0.25, -0.2) is 12.8 Å². The monoisotopic (exact) mass is 418 g/mol. The molecule has 156 valence electrons. The van der Waals surface area contributed by atoms with Gasteiger partial charge in [0.15, 0.2) is 0 Å². The van der Waals surface area contributed by atoms with Crippen molar-refractivity contribution in [3.05, 3.63) is 59.4 Å². The van der Waals surface area contributed by atoms with Gasteiger partial charge in [-0.2, -0.15) is 4.31 Å². The molecule has 29 heavy (non-hydrogen) atoms. The van der Waals surface area contributed by atoms with Gasteiger partial charge in [0.05, 0.1) is 4.90 Å². The molecule has 0 aliphatic carbocycles. The average Bonchev–Trinajstić information content (AvgIpc) is 2.72. The largest absolute Gasteiger partial charge is 0.312 e. The van der Waals surface area contributed by atoms with Gasteiger partial charge in [-0.3, -0.25) is 4.79 Å². The highest BCUT2D eigenvalue weighted by molar-refractivity contribution is 7.89. The maximum Gasteiger partial charge on any atom is 0.243 e. The number of carbonyl (C=O) groups excluding carboxylic acids is 1. The van der Waals surface area contributed by atoms with Crippen LogP contribution in [-0.4, -0.2) is 38.3 Å². The number of amides is 1. The van der Waals surface area contributed by atoms with Gasteiger partial charge < -0.3 is 4.90 Å². The highest BCUT2D eigenvalue weighted by atomic mass is 32.2. The molecule has 3 rings (SSSR count). The van der Waals surface area contributed by atoms with Crippen molar-refractivity contribution < 1.29 is 17.6 Å². The second kappa shape index (κ2) is 9.05. The first-order chi connectivity index (χ1) is 13.9. The molecule has 0 spiro atoms. The molecule has 0 unspecified atom stereocenters. The van der Waals surface area contributed by atoms with Crippen LogP contribution >= 0.6 is 0 Å². The molecular weight excluding hydrogens is 391 g/mol. The molecule has 0 atom stereocenters. The molecule has 2 aromatic rings. The van der Waals surface area contributed by atoms with Crippen LogP contribution in [0.4, 0.5) is 10.1 Å². The topological polar surface area (TPSA) is 57.7 Å². The maximum atomic E-state index is 13.8. The van der Waals surface area contributed by atoms with E-state index in [2.05, 4.69) is 0 Å². The van der Waals surface area contributed by atoms with Crippen LogP contribution in [0, 0.1) is 5.82 Å². The smallest absolute Gasteiger partial charge is 0.243 e. The Bertz CT molecular complexity index is 987. The highest BCUT2D eigenvalue weighted by Gasteiger charge is 2.27. The van der Waals surface area contributed by atoms with Crippen LogP contribution < -0.4 is 4.90 Å². The maximum absolute atomic E-state index is 13.8. The normalized spacial score (nSPS) is 14.1. The fraction of sp³-hybridized carbons (Fsp3) is 0.409. The fourth-order valence-corrected chi connectivity index (χ4v) is 5.29.